The Morgan fingerprint density at radius 2 is 1.23 bits per heavy atom. The molecule has 0 heterocycles. The molecule has 8 nitrogen and oxygen atoms in total. The fourth-order valence-electron chi connectivity index (χ4n) is 2.16. The van der Waals surface area contributed by atoms with E-state index in [2.05, 4.69) is 0 Å². The summed E-state index contributed by atoms with van der Waals surface area (Å²) in [6.45, 7) is 3.36. The molecule has 2 rings (SSSR count). The van der Waals surface area contributed by atoms with Gasteiger partial charge in [0.15, 0.2) is 17.2 Å². The summed E-state index contributed by atoms with van der Waals surface area (Å²) in [5, 5.41) is 29.5. The minimum absolute atomic E-state index is 0.0773. The fourth-order valence-corrected chi connectivity index (χ4v) is 2.16. The van der Waals surface area contributed by atoms with E-state index in [1.807, 2.05) is 0 Å². The Bertz CT molecular complexity index is 647. The monoisotopic (exact) mass is 309 g/mol. The third-order valence-electron chi connectivity index (χ3n) is 3.11. The first-order valence-electron chi connectivity index (χ1n) is 6.52. The van der Waals surface area contributed by atoms with Crippen molar-refractivity contribution in [2.45, 2.75) is 13.8 Å². The second-order valence-corrected chi connectivity index (χ2v) is 4.39. The lowest BCUT2D eigenvalue weighted by Crippen LogP contribution is -2.26. The average molecular weight is 309 g/mol. The van der Waals surface area contributed by atoms with Crippen LogP contribution < -0.4 is 5.73 Å². The number of rotatable bonds is 4. The summed E-state index contributed by atoms with van der Waals surface area (Å²) in [5.41, 5.74) is 3.72. The summed E-state index contributed by atoms with van der Waals surface area (Å²) >= 11 is 0. The Morgan fingerprint density at radius 3 is 1.64 bits per heavy atom. The number of allylic oxidation sites excluding steroid dienone is 2. The van der Waals surface area contributed by atoms with Crippen LogP contribution >= 0.6 is 0 Å². The van der Waals surface area contributed by atoms with Gasteiger partial charge in [-0.1, -0.05) is 0 Å². The van der Waals surface area contributed by atoms with Gasteiger partial charge < -0.3 is 30.5 Å². The van der Waals surface area contributed by atoms with Gasteiger partial charge in [0, 0.05) is 0 Å². The van der Waals surface area contributed by atoms with Gasteiger partial charge in [0.2, 0.25) is 23.1 Å². The van der Waals surface area contributed by atoms with Crippen molar-refractivity contribution in [3.05, 3.63) is 22.6 Å². The summed E-state index contributed by atoms with van der Waals surface area (Å²) in [6, 6.07) is 0. The second kappa shape index (κ2) is 5.47. The summed E-state index contributed by atoms with van der Waals surface area (Å²) in [4.78, 5) is 24.9. The molecule has 0 spiro atoms. The van der Waals surface area contributed by atoms with Crippen LogP contribution in [0.15, 0.2) is 11.5 Å². The van der Waals surface area contributed by atoms with Gasteiger partial charge in [0.25, 0.3) is 0 Å². The molecule has 1 aliphatic rings. The first-order valence-corrected chi connectivity index (χ1v) is 6.52. The summed E-state index contributed by atoms with van der Waals surface area (Å²) in [6.07, 6.45) is 0. The number of anilines is 1. The molecule has 1 aromatic carbocycles. The van der Waals surface area contributed by atoms with Crippen molar-refractivity contribution in [2.24, 2.45) is 0 Å². The van der Waals surface area contributed by atoms with E-state index in [9.17, 15) is 24.9 Å². The Hall–Kier alpha value is -2.90. The van der Waals surface area contributed by atoms with E-state index in [1.165, 1.54) is 0 Å². The zero-order chi connectivity index (χ0) is 16.6. The molecule has 0 bridgehead atoms. The number of carbonyl (C=O) groups excluding carboxylic acids is 2. The standard InChI is InChI=1S/C14H15NO7/c1-3-21-13-10(18)5-6(11(19)14(13)22-4-2)9(17)12(20)7(15)8(5)16/h16-17,20H,3-4,15H2,1-2H3. The van der Waals surface area contributed by atoms with E-state index in [0.717, 1.165) is 0 Å². The highest BCUT2D eigenvalue weighted by molar-refractivity contribution is 6.28. The maximum absolute atomic E-state index is 12.5. The maximum atomic E-state index is 12.5. The molecule has 0 saturated carbocycles. The van der Waals surface area contributed by atoms with Crippen LogP contribution in [0.1, 0.15) is 34.6 Å². The van der Waals surface area contributed by atoms with E-state index >= 15 is 0 Å². The van der Waals surface area contributed by atoms with E-state index in [4.69, 9.17) is 15.2 Å². The molecule has 1 aliphatic carbocycles. The Kier molecular flexibility index (Phi) is 3.85. The lowest BCUT2D eigenvalue weighted by atomic mass is 9.89. The Morgan fingerprint density at radius 1 is 0.818 bits per heavy atom. The summed E-state index contributed by atoms with van der Waals surface area (Å²) < 4.78 is 10.3. The molecule has 0 saturated heterocycles. The van der Waals surface area contributed by atoms with Gasteiger partial charge in [-0.25, -0.2) is 0 Å². The summed E-state index contributed by atoms with van der Waals surface area (Å²) in [7, 11) is 0. The van der Waals surface area contributed by atoms with Gasteiger partial charge >= 0.3 is 0 Å². The van der Waals surface area contributed by atoms with Gasteiger partial charge in [-0.05, 0) is 13.8 Å². The smallest absolute Gasteiger partial charge is 0.236 e. The SMILES string of the molecule is CCOC1=C(OCC)C(=O)c2c(O)c(O)c(N)c(O)c2C1=O. The molecule has 0 fully saturated rings. The van der Waals surface area contributed by atoms with Crippen molar-refractivity contribution in [1.82, 2.24) is 0 Å². The van der Waals surface area contributed by atoms with Crippen molar-refractivity contribution in [1.29, 1.82) is 0 Å². The largest absolute Gasteiger partial charge is 0.505 e. The number of benzene rings is 1. The number of fused-ring (bicyclic) bond motifs is 1. The molecule has 0 aliphatic heterocycles. The zero-order valence-corrected chi connectivity index (χ0v) is 12.0. The molecule has 0 atom stereocenters. The van der Waals surface area contributed by atoms with Crippen molar-refractivity contribution >= 4 is 17.3 Å². The first kappa shape index (κ1) is 15.5. The normalized spacial score (nSPS) is 14.1. The highest BCUT2D eigenvalue weighted by Gasteiger charge is 2.41. The lowest BCUT2D eigenvalue weighted by Gasteiger charge is -2.23. The molecule has 5 N–H and O–H groups in total. The van der Waals surface area contributed by atoms with Crippen LogP contribution in [0, 0.1) is 0 Å². The number of phenols is 3. The van der Waals surface area contributed by atoms with Gasteiger partial charge in [0.1, 0.15) is 5.69 Å². The number of ketones is 2. The number of ether oxygens (including phenoxy) is 2. The number of nitrogen functional groups attached to an aromatic ring is 1. The van der Waals surface area contributed by atoms with Gasteiger partial charge in [0.05, 0.1) is 24.3 Å². The Labute approximate surface area is 125 Å². The van der Waals surface area contributed by atoms with E-state index in [0.29, 0.717) is 0 Å². The predicted octanol–water partition coefficient (Wildman–Crippen LogP) is 1.05. The van der Waals surface area contributed by atoms with Crippen LogP contribution in [-0.2, 0) is 9.47 Å². The number of phenolic OH excluding ortho intramolecular Hbond substituents is 3. The third-order valence-corrected chi connectivity index (χ3v) is 3.11. The second-order valence-electron chi connectivity index (χ2n) is 4.39. The first-order chi connectivity index (χ1) is 10.4. The average Bonchev–Trinajstić information content (AvgIpc) is 2.49. The van der Waals surface area contributed by atoms with Crippen molar-refractivity contribution in [2.75, 3.05) is 18.9 Å². The minimum atomic E-state index is -0.892. The third kappa shape index (κ3) is 2.00. The van der Waals surface area contributed by atoms with E-state index in [-0.39, 0.29) is 24.7 Å². The molecule has 22 heavy (non-hydrogen) atoms. The van der Waals surface area contributed by atoms with Gasteiger partial charge in [-0.15, -0.1) is 0 Å². The van der Waals surface area contributed by atoms with Gasteiger partial charge in [-0.2, -0.15) is 0 Å². The molecule has 0 radical (unpaired) electrons. The van der Waals surface area contributed by atoms with Crippen LogP contribution in [0.2, 0.25) is 0 Å². The predicted molar refractivity (Wildman–Crippen MR) is 74.8 cm³/mol. The van der Waals surface area contributed by atoms with Crippen LogP contribution in [-0.4, -0.2) is 40.1 Å². The number of Topliss-reactive ketones (excluding diaryl/α,β-unsaturated/α-hetero) is 2. The summed E-state index contributed by atoms with van der Waals surface area (Å²) in [5.74, 6) is -5.08. The molecule has 8 heteroatoms. The highest BCUT2D eigenvalue weighted by Crippen LogP contribution is 2.47. The van der Waals surface area contributed by atoms with Crippen LogP contribution in [0.25, 0.3) is 0 Å². The zero-order valence-electron chi connectivity index (χ0n) is 12.0. The number of nitrogens with two attached hydrogens (primary N) is 1. The van der Waals surface area contributed by atoms with Crippen LogP contribution in [0.3, 0.4) is 0 Å². The van der Waals surface area contributed by atoms with E-state index < -0.39 is 45.6 Å². The highest BCUT2D eigenvalue weighted by atomic mass is 16.5. The maximum Gasteiger partial charge on any atom is 0.236 e. The quantitative estimate of drug-likeness (QED) is 0.367. The number of aromatic hydroxyl groups is 3. The van der Waals surface area contributed by atoms with Crippen LogP contribution in [0.5, 0.6) is 17.2 Å². The molecule has 0 amide bonds. The van der Waals surface area contributed by atoms with Crippen molar-refractivity contribution < 1.29 is 34.4 Å². The van der Waals surface area contributed by atoms with Crippen molar-refractivity contribution in [3.63, 3.8) is 0 Å². The fraction of sp³-hybridized carbons (Fsp3) is 0.286. The number of hydrogen-bond acceptors (Lipinski definition) is 8. The van der Waals surface area contributed by atoms with Crippen molar-refractivity contribution in [3.8, 4) is 17.2 Å². The molecule has 0 unspecified atom stereocenters. The number of carbonyl (C=O) groups is 2. The Balaban J connectivity index is 2.81. The minimum Gasteiger partial charge on any atom is -0.505 e. The number of hydrogen-bond donors (Lipinski definition) is 4. The van der Waals surface area contributed by atoms with Crippen LogP contribution in [0.4, 0.5) is 5.69 Å². The molecule has 1 aromatic rings. The molecular weight excluding hydrogens is 294 g/mol. The molecule has 118 valence electrons. The molecule has 0 aromatic heterocycles. The van der Waals surface area contributed by atoms with E-state index in [1.54, 1.807) is 13.8 Å². The van der Waals surface area contributed by atoms with Gasteiger partial charge in [-0.3, -0.25) is 9.59 Å². The topological polar surface area (TPSA) is 139 Å². The molecular formula is C14H15NO7. The lowest BCUT2D eigenvalue weighted by molar-refractivity contribution is 0.0766.